The number of hydrogen-bond donors (Lipinski definition) is 2. The van der Waals surface area contributed by atoms with E-state index in [1.165, 1.54) is 0 Å². The molecule has 2 rings (SSSR count). The Morgan fingerprint density at radius 3 is 2.71 bits per heavy atom. The number of benzene rings is 1. The Labute approximate surface area is 144 Å². The molecule has 0 radical (unpaired) electrons. The number of nitrogens with one attached hydrogen (secondary N) is 2. The van der Waals surface area contributed by atoms with Gasteiger partial charge in [0.1, 0.15) is 5.75 Å². The molecule has 6 heteroatoms. The van der Waals surface area contributed by atoms with Gasteiger partial charge in [-0.3, -0.25) is 0 Å². The van der Waals surface area contributed by atoms with Crippen molar-refractivity contribution in [1.29, 1.82) is 0 Å². The Bertz CT molecular complexity index is 528. The summed E-state index contributed by atoms with van der Waals surface area (Å²) < 4.78 is 16.5. The summed E-state index contributed by atoms with van der Waals surface area (Å²) in [5, 5.41) is 6.69. The topological polar surface area (TPSA) is 64.1 Å². The maximum Gasteiger partial charge on any atom is 0.191 e. The molecule has 0 saturated carbocycles. The van der Waals surface area contributed by atoms with Crippen molar-refractivity contribution in [2.75, 3.05) is 40.5 Å². The Morgan fingerprint density at radius 2 is 2.04 bits per heavy atom. The third kappa shape index (κ3) is 5.39. The molecule has 0 aromatic heterocycles. The number of aliphatic imine (C=N–C) groups is 1. The lowest BCUT2D eigenvalue weighted by atomic mass is 9.94. The fourth-order valence-electron chi connectivity index (χ4n) is 2.72. The zero-order chi connectivity index (χ0) is 17.3. The third-order valence-corrected chi connectivity index (χ3v) is 4.31. The van der Waals surface area contributed by atoms with Gasteiger partial charge < -0.3 is 24.8 Å². The van der Waals surface area contributed by atoms with Crippen LogP contribution in [-0.2, 0) is 16.0 Å². The van der Waals surface area contributed by atoms with Crippen LogP contribution >= 0.6 is 0 Å². The highest BCUT2D eigenvalue weighted by atomic mass is 16.5. The molecule has 2 N–H and O–H groups in total. The quantitative estimate of drug-likeness (QED) is 0.589. The number of guanidine groups is 1. The number of rotatable bonds is 7. The Balaban J connectivity index is 1.97. The van der Waals surface area contributed by atoms with Crippen LogP contribution in [-0.4, -0.2) is 52.1 Å². The van der Waals surface area contributed by atoms with E-state index < -0.39 is 0 Å². The molecule has 0 aliphatic carbocycles. The Morgan fingerprint density at radius 1 is 1.25 bits per heavy atom. The monoisotopic (exact) mass is 335 g/mol. The van der Waals surface area contributed by atoms with Crippen LogP contribution in [0.15, 0.2) is 29.3 Å². The minimum Gasteiger partial charge on any atom is -0.497 e. The van der Waals surface area contributed by atoms with Crippen LogP contribution in [0.1, 0.15) is 25.3 Å². The first-order chi connectivity index (χ1) is 11.7. The molecule has 1 aromatic rings. The third-order valence-electron chi connectivity index (χ3n) is 4.31. The van der Waals surface area contributed by atoms with Crippen LogP contribution in [0, 0.1) is 0 Å². The summed E-state index contributed by atoms with van der Waals surface area (Å²) in [5.41, 5.74) is 0.934. The molecule has 1 heterocycles. The fraction of sp³-hybridized carbons (Fsp3) is 0.611. The van der Waals surface area contributed by atoms with Gasteiger partial charge in [-0.2, -0.15) is 0 Å². The molecule has 0 unspecified atom stereocenters. The van der Waals surface area contributed by atoms with E-state index in [2.05, 4.69) is 22.5 Å². The van der Waals surface area contributed by atoms with E-state index in [1.54, 1.807) is 14.2 Å². The van der Waals surface area contributed by atoms with E-state index in [-0.39, 0.29) is 5.60 Å². The highest BCUT2D eigenvalue weighted by Crippen LogP contribution is 2.23. The summed E-state index contributed by atoms with van der Waals surface area (Å²) >= 11 is 0. The van der Waals surface area contributed by atoms with Gasteiger partial charge in [-0.1, -0.05) is 12.1 Å². The lowest BCUT2D eigenvalue weighted by Crippen LogP contribution is -2.50. The first-order valence-corrected chi connectivity index (χ1v) is 8.49. The molecule has 24 heavy (non-hydrogen) atoms. The summed E-state index contributed by atoms with van der Waals surface area (Å²) in [6.07, 6.45) is 1.79. The zero-order valence-electron chi connectivity index (χ0n) is 14.9. The van der Waals surface area contributed by atoms with Crippen molar-refractivity contribution < 1.29 is 14.2 Å². The van der Waals surface area contributed by atoms with Crippen LogP contribution in [0.3, 0.4) is 0 Å². The smallest absolute Gasteiger partial charge is 0.191 e. The van der Waals surface area contributed by atoms with Crippen molar-refractivity contribution in [2.24, 2.45) is 4.99 Å². The van der Waals surface area contributed by atoms with Crippen LogP contribution in [0.4, 0.5) is 0 Å². The standard InChI is InChI=1S/C18H29N3O3/c1-4-19-17(20-13-15-6-5-7-16(12-15)22-2)21-14-18(23-3)8-10-24-11-9-18/h5-7,12H,4,8-11,13-14H2,1-3H3,(H2,19,20,21). The predicted molar refractivity (Wildman–Crippen MR) is 95.6 cm³/mol. The summed E-state index contributed by atoms with van der Waals surface area (Å²) in [4.78, 5) is 4.66. The van der Waals surface area contributed by atoms with Gasteiger partial charge in [-0.25, -0.2) is 4.99 Å². The normalized spacial score (nSPS) is 17.4. The molecule has 6 nitrogen and oxygen atoms in total. The number of methoxy groups -OCH3 is 2. The van der Waals surface area contributed by atoms with Crippen molar-refractivity contribution in [3.05, 3.63) is 29.8 Å². The highest BCUT2D eigenvalue weighted by Gasteiger charge is 2.32. The van der Waals surface area contributed by atoms with Crippen LogP contribution in [0.2, 0.25) is 0 Å². The summed E-state index contributed by atoms with van der Waals surface area (Å²) in [7, 11) is 3.44. The first kappa shape index (κ1) is 18.5. The van der Waals surface area contributed by atoms with E-state index in [0.29, 0.717) is 6.54 Å². The number of nitrogens with zero attached hydrogens (tertiary/aromatic N) is 1. The summed E-state index contributed by atoms with van der Waals surface area (Å²) in [6.45, 7) is 5.67. The summed E-state index contributed by atoms with van der Waals surface area (Å²) in [6, 6.07) is 7.96. The average Bonchev–Trinajstić information content (AvgIpc) is 2.65. The average molecular weight is 335 g/mol. The fourth-order valence-corrected chi connectivity index (χ4v) is 2.72. The molecule has 1 fully saturated rings. The summed E-state index contributed by atoms with van der Waals surface area (Å²) in [5.74, 6) is 1.64. The Hall–Kier alpha value is -1.79. The molecule has 1 aromatic carbocycles. The van der Waals surface area contributed by atoms with Gasteiger partial charge in [0, 0.05) is 46.3 Å². The van der Waals surface area contributed by atoms with Crippen LogP contribution in [0.5, 0.6) is 5.75 Å². The van der Waals surface area contributed by atoms with Crippen molar-refractivity contribution in [3.63, 3.8) is 0 Å². The molecule has 0 bridgehead atoms. The van der Waals surface area contributed by atoms with E-state index in [0.717, 1.165) is 56.4 Å². The predicted octanol–water partition coefficient (Wildman–Crippen LogP) is 1.95. The second-order valence-electron chi connectivity index (χ2n) is 5.90. The lowest BCUT2D eigenvalue weighted by Gasteiger charge is -2.36. The van der Waals surface area contributed by atoms with Crippen LogP contribution in [0.25, 0.3) is 0 Å². The van der Waals surface area contributed by atoms with Crippen LogP contribution < -0.4 is 15.4 Å². The van der Waals surface area contributed by atoms with E-state index in [1.807, 2.05) is 24.3 Å². The van der Waals surface area contributed by atoms with Gasteiger partial charge >= 0.3 is 0 Å². The van der Waals surface area contributed by atoms with Gasteiger partial charge in [0.05, 0.1) is 19.3 Å². The SMILES string of the molecule is CCNC(=NCc1cccc(OC)c1)NCC1(OC)CCOCC1. The van der Waals surface area contributed by atoms with Gasteiger partial charge in [-0.05, 0) is 24.6 Å². The van der Waals surface area contributed by atoms with Crippen molar-refractivity contribution >= 4 is 5.96 Å². The number of ether oxygens (including phenoxy) is 3. The minimum absolute atomic E-state index is 0.176. The molecule has 0 spiro atoms. The van der Waals surface area contributed by atoms with Crippen molar-refractivity contribution in [3.8, 4) is 5.75 Å². The first-order valence-electron chi connectivity index (χ1n) is 8.49. The molecular weight excluding hydrogens is 306 g/mol. The molecule has 1 aliphatic heterocycles. The van der Waals surface area contributed by atoms with Gasteiger partial charge in [0.2, 0.25) is 0 Å². The molecule has 1 aliphatic rings. The maximum atomic E-state index is 5.76. The van der Waals surface area contributed by atoms with Gasteiger partial charge in [0.25, 0.3) is 0 Å². The zero-order valence-corrected chi connectivity index (χ0v) is 14.9. The highest BCUT2D eigenvalue weighted by molar-refractivity contribution is 5.79. The molecule has 134 valence electrons. The molecular formula is C18H29N3O3. The van der Waals surface area contributed by atoms with Crippen molar-refractivity contribution in [2.45, 2.75) is 31.9 Å². The minimum atomic E-state index is -0.176. The largest absolute Gasteiger partial charge is 0.497 e. The van der Waals surface area contributed by atoms with Crippen molar-refractivity contribution in [1.82, 2.24) is 10.6 Å². The second kappa shape index (κ2) is 9.49. The number of hydrogen-bond acceptors (Lipinski definition) is 4. The van der Waals surface area contributed by atoms with E-state index in [9.17, 15) is 0 Å². The van der Waals surface area contributed by atoms with Gasteiger partial charge in [0.15, 0.2) is 5.96 Å². The van der Waals surface area contributed by atoms with E-state index >= 15 is 0 Å². The second-order valence-corrected chi connectivity index (χ2v) is 5.90. The van der Waals surface area contributed by atoms with E-state index in [4.69, 9.17) is 14.2 Å². The lowest BCUT2D eigenvalue weighted by molar-refractivity contribution is -0.0855. The maximum absolute atomic E-state index is 5.76. The molecule has 0 atom stereocenters. The Kier molecular flexibility index (Phi) is 7.34. The molecule has 1 saturated heterocycles. The molecule has 0 amide bonds. The van der Waals surface area contributed by atoms with Gasteiger partial charge in [-0.15, -0.1) is 0 Å².